The summed E-state index contributed by atoms with van der Waals surface area (Å²) in [4.78, 5) is 17.2. The topological polar surface area (TPSA) is 117 Å². The second-order valence-corrected chi connectivity index (χ2v) is 13.9. The van der Waals surface area contributed by atoms with Crippen molar-refractivity contribution < 1.29 is 19.3 Å². The van der Waals surface area contributed by atoms with Crippen molar-refractivity contribution in [2.75, 3.05) is 33.3 Å². The molecule has 1 aliphatic heterocycles. The summed E-state index contributed by atoms with van der Waals surface area (Å²) in [5.74, 6) is 2.00. The molecule has 0 aliphatic carbocycles. The van der Waals surface area contributed by atoms with Crippen molar-refractivity contribution in [1.29, 1.82) is 5.26 Å². The van der Waals surface area contributed by atoms with E-state index >= 15 is 0 Å². The van der Waals surface area contributed by atoms with Gasteiger partial charge in [0.15, 0.2) is 0 Å². The zero-order valence-electron chi connectivity index (χ0n) is 30.5. The van der Waals surface area contributed by atoms with Gasteiger partial charge in [0, 0.05) is 80.9 Å². The molecule has 0 radical (unpaired) electrons. The number of hydrogen-bond acceptors (Lipinski definition) is 10. The fourth-order valence-corrected chi connectivity index (χ4v) is 6.84. The van der Waals surface area contributed by atoms with Gasteiger partial charge in [-0.2, -0.15) is 5.26 Å². The standard InChI is InChI=1S/C42H45ClN6O4/c1-29-33(7-4-8-37(29)38-9-5-10-40(30(38)2)51-16-6-14-49-15-11-36(50)26-49)28-53-42-19-41(52-27-32-17-31(20-44)21-46-22-32)34(18-39(42)43)24-48(3)25-35-23-45-12-13-47-35/h4-5,7-10,12-13,17-19,21-23,36,50H,6,11,14-16,24-28H2,1-3H3. The van der Waals surface area contributed by atoms with Crippen LogP contribution in [0.1, 0.15) is 51.9 Å². The molecule has 10 nitrogen and oxygen atoms in total. The second kappa shape index (κ2) is 18.1. The highest BCUT2D eigenvalue weighted by atomic mass is 35.5. The van der Waals surface area contributed by atoms with Crippen LogP contribution in [0.3, 0.4) is 0 Å². The SMILES string of the molecule is Cc1c(COc2cc(OCc3cncc(C#N)c3)c(CN(C)Cc3cnccn3)cc2Cl)cccc1-c1cccc(OCCCN2CCC(O)C2)c1C. The average molecular weight is 733 g/mol. The first kappa shape index (κ1) is 37.7. The molecule has 3 heterocycles. The Morgan fingerprint density at radius 3 is 2.47 bits per heavy atom. The summed E-state index contributed by atoms with van der Waals surface area (Å²) in [6.45, 7) is 9.10. The van der Waals surface area contributed by atoms with Gasteiger partial charge in [0.05, 0.1) is 29.0 Å². The highest BCUT2D eigenvalue weighted by molar-refractivity contribution is 6.32. The van der Waals surface area contributed by atoms with Gasteiger partial charge in [-0.25, -0.2) is 0 Å². The molecule has 0 spiro atoms. The smallest absolute Gasteiger partial charge is 0.142 e. The lowest BCUT2D eigenvalue weighted by molar-refractivity contribution is 0.173. The van der Waals surface area contributed by atoms with E-state index in [2.05, 4.69) is 62.9 Å². The lowest BCUT2D eigenvalue weighted by Gasteiger charge is -2.21. The third-order valence-electron chi connectivity index (χ3n) is 9.45. The summed E-state index contributed by atoms with van der Waals surface area (Å²) >= 11 is 6.87. The van der Waals surface area contributed by atoms with Crippen LogP contribution in [0, 0.1) is 25.2 Å². The number of nitriles is 1. The number of pyridine rings is 1. The van der Waals surface area contributed by atoms with Crippen LogP contribution < -0.4 is 14.2 Å². The largest absolute Gasteiger partial charge is 0.493 e. The molecule has 11 heteroatoms. The number of nitrogens with zero attached hydrogens (tertiary/aromatic N) is 6. The Balaban J connectivity index is 1.17. The number of rotatable bonds is 16. The molecule has 1 fully saturated rings. The van der Waals surface area contributed by atoms with Crippen LogP contribution in [0.5, 0.6) is 17.2 Å². The first-order chi connectivity index (χ1) is 25.8. The highest BCUT2D eigenvalue weighted by Crippen LogP contribution is 2.37. The van der Waals surface area contributed by atoms with Gasteiger partial charge in [0.25, 0.3) is 0 Å². The molecule has 0 saturated carbocycles. The van der Waals surface area contributed by atoms with Crippen molar-refractivity contribution in [3.05, 3.63) is 130 Å². The summed E-state index contributed by atoms with van der Waals surface area (Å²) in [6, 6.07) is 20.1. The minimum Gasteiger partial charge on any atom is -0.493 e. The predicted octanol–water partition coefficient (Wildman–Crippen LogP) is 7.31. The Morgan fingerprint density at radius 1 is 0.887 bits per heavy atom. The van der Waals surface area contributed by atoms with E-state index in [1.807, 2.05) is 37.4 Å². The van der Waals surface area contributed by atoms with Crippen LogP contribution in [0.4, 0.5) is 0 Å². The van der Waals surface area contributed by atoms with Crippen molar-refractivity contribution >= 4 is 11.6 Å². The van der Waals surface area contributed by atoms with Crippen LogP contribution in [0.15, 0.2) is 85.6 Å². The fraction of sp³-hybridized carbons (Fsp3) is 0.333. The summed E-state index contributed by atoms with van der Waals surface area (Å²) in [6.07, 6.45) is 9.86. The van der Waals surface area contributed by atoms with Crippen molar-refractivity contribution in [3.8, 4) is 34.4 Å². The van der Waals surface area contributed by atoms with Crippen LogP contribution in [0.25, 0.3) is 11.1 Å². The number of β-amino-alcohol motifs (C(OH)–C–C–N with tert-alkyl or cyclic N) is 1. The van der Waals surface area contributed by atoms with E-state index in [0.29, 0.717) is 48.4 Å². The Morgan fingerprint density at radius 2 is 1.70 bits per heavy atom. The van der Waals surface area contributed by atoms with Gasteiger partial charge >= 0.3 is 0 Å². The zero-order chi connectivity index (χ0) is 37.2. The van der Waals surface area contributed by atoms with E-state index < -0.39 is 0 Å². The highest BCUT2D eigenvalue weighted by Gasteiger charge is 2.20. The van der Waals surface area contributed by atoms with Crippen LogP contribution >= 0.6 is 11.6 Å². The third kappa shape index (κ3) is 10.1. The molecule has 1 atom stereocenters. The van der Waals surface area contributed by atoms with Crippen LogP contribution in [-0.2, 0) is 26.3 Å². The summed E-state index contributed by atoms with van der Waals surface area (Å²) in [7, 11) is 2.00. The van der Waals surface area contributed by atoms with Crippen molar-refractivity contribution in [2.24, 2.45) is 0 Å². The maximum atomic E-state index is 9.80. The second-order valence-electron chi connectivity index (χ2n) is 13.5. The minimum absolute atomic E-state index is 0.203. The van der Waals surface area contributed by atoms with Crippen molar-refractivity contribution in [3.63, 3.8) is 0 Å². The Bertz CT molecular complexity index is 2040. The summed E-state index contributed by atoms with van der Waals surface area (Å²) < 4.78 is 19.0. The first-order valence-corrected chi connectivity index (χ1v) is 18.2. The molecule has 3 aromatic carbocycles. The van der Waals surface area contributed by atoms with Crippen LogP contribution in [0.2, 0.25) is 5.02 Å². The van der Waals surface area contributed by atoms with Gasteiger partial charge in [-0.3, -0.25) is 19.9 Å². The molecule has 6 rings (SSSR count). The molecule has 1 saturated heterocycles. The molecule has 274 valence electrons. The monoisotopic (exact) mass is 732 g/mol. The molecule has 0 amide bonds. The van der Waals surface area contributed by atoms with Crippen molar-refractivity contribution in [1.82, 2.24) is 24.8 Å². The number of aromatic nitrogens is 3. The van der Waals surface area contributed by atoms with E-state index in [1.165, 1.54) is 6.20 Å². The van der Waals surface area contributed by atoms with Crippen LogP contribution in [-0.4, -0.2) is 69.3 Å². The first-order valence-electron chi connectivity index (χ1n) is 17.8. The molecule has 1 N–H and O–H groups in total. The molecular weight excluding hydrogens is 688 g/mol. The maximum absolute atomic E-state index is 9.80. The fourth-order valence-electron chi connectivity index (χ4n) is 6.60. The molecule has 0 bridgehead atoms. The third-order valence-corrected chi connectivity index (χ3v) is 9.74. The number of aliphatic hydroxyl groups is 1. The number of hydrogen-bond donors (Lipinski definition) is 1. The Labute approximate surface area is 316 Å². The minimum atomic E-state index is -0.203. The van der Waals surface area contributed by atoms with E-state index in [1.54, 1.807) is 30.9 Å². The van der Waals surface area contributed by atoms with Gasteiger partial charge in [0.2, 0.25) is 0 Å². The molecule has 1 unspecified atom stereocenters. The lowest BCUT2D eigenvalue weighted by atomic mass is 9.93. The summed E-state index contributed by atoms with van der Waals surface area (Å²) in [5, 5.41) is 19.6. The maximum Gasteiger partial charge on any atom is 0.142 e. The zero-order valence-corrected chi connectivity index (χ0v) is 31.2. The van der Waals surface area contributed by atoms with Gasteiger partial charge in [-0.05, 0) is 79.8 Å². The van der Waals surface area contributed by atoms with E-state index in [-0.39, 0.29) is 12.7 Å². The Hall–Kier alpha value is -5.05. The van der Waals surface area contributed by atoms with Gasteiger partial charge < -0.3 is 24.2 Å². The molecule has 5 aromatic rings. The van der Waals surface area contributed by atoms with Crippen molar-refractivity contribution in [2.45, 2.75) is 59.1 Å². The number of likely N-dealkylation sites (tertiary alicyclic amines) is 1. The van der Waals surface area contributed by atoms with Gasteiger partial charge in [-0.1, -0.05) is 41.9 Å². The molecule has 53 heavy (non-hydrogen) atoms. The summed E-state index contributed by atoms with van der Waals surface area (Å²) in [5.41, 5.74) is 8.44. The number of aliphatic hydroxyl groups excluding tert-OH is 1. The van der Waals surface area contributed by atoms with E-state index in [4.69, 9.17) is 25.8 Å². The number of ether oxygens (including phenoxy) is 3. The molecule has 1 aliphatic rings. The molecule has 2 aromatic heterocycles. The molecular formula is C42H45ClN6O4. The number of benzene rings is 3. The van der Waals surface area contributed by atoms with Gasteiger partial charge in [-0.15, -0.1) is 0 Å². The lowest BCUT2D eigenvalue weighted by Crippen LogP contribution is -2.24. The average Bonchev–Trinajstić information content (AvgIpc) is 3.58. The Kier molecular flexibility index (Phi) is 12.9. The van der Waals surface area contributed by atoms with Gasteiger partial charge in [0.1, 0.15) is 36.5 Å². The van der Waals surface area contributed by atoms with E-state index in [0.717, 1.165) is 82.9 Å². The van der Waals surface area contributed by atoms with E-state index in [9.17, 15) is 10.4 Å². The normalized spacial score (nSPS) is 14.3. The predicted molar refractivity (Wildman–Crippen MR) is 205 cm³/mol. The number of halogens is 1. The quantitative estimate of drug-likeness (QED) is 0.104.